The molecule has 0 aliphatic rings. The fourth-order valence-corrected chi connectivity index (χ4v) is 3.73. The highest BCUT2D eigenvalue weighted by Crippen LogP contribution is 2.21. The number of carbonyl (C=O) groups excluding carboxylic acids is 1. The van der Waals surface area contributed by atoms with Crippen LogP contribution < -0.4 is 4.72 Å². The van der Waals surface area contributed by atoms with Crippen LogP contribution in [-0.2, 0) is 16.6 Å². The van der Waals surface area contributed by atoms with Crippen molar-refractivity contribution in [2.75, 3.05) is 11.8 Å². The number of benzene rings is 2. The average molecular weight is 402 g/mol. The third kappa shape index (κ3) is 4.40. The van der Waals surface area contributed by atoms with E-state index in [0.29, 0.717) is 11.3 Å². The number of hydrogen-bond donors (Lipinski definition) is 1. The van der Waals surface area contributed by atoms with Crippen molar-refractivity contribution in [1.29, 1.82) is 0 Å². The highest BCUT2D eigenvalue weighted by Gasteiger charge is 2.20. The van der Waals surface area contributed by atoms with Crippen LogP contribution in [0.25, 0.3) is 0 Å². The first kappa shape index (κ1) is 19.6. The van der Waals surface area contributed by atoms with Crippen molar-refractivity contribution in [1.82, 2.24) is 4.90 Å². The molecule has 0 atom stereocenters. The van der Waals surface area contributed by atoms with Gasteiger partial charge < -0.3 is 9.32 Å². The zero-order valence-electron chi connectivity index (χ0n) is 15.3. The molecule has 0 spiro atoms. The van der Waals surface area contributed by atoms with Gasteiger partial charge in [-0.3, -0.25) is 9.52 Å². The average Bonchev–Trinajstić information content (AvgIpc) is 3.16. The summed E-state index contributed by atoms with van der Waals surface area (Å²) in [5.41, 5.74) is 1.15. The third-order valence-corrected chi connectivity index (χ3v) is 5.54. The van der Waals surface area contributed by atoms with Gasteiger partial charge in [-0.1, -0.05) is 6.07 Å². The second-order valence-corrected chi connectivity index (χ2v) is 8.01. The standard InChI is InChI=1S/C20H19FN2O4S/c1-14-5-10-18(28(25,26)22-16-8-6-15(21)7-9-16)12-19(14)20(24)23(2)13-17-4-3-11-27-17/h3-12,22H,13H2,1-2H3. The van der Waals surface area contributed by atoms with Crippen molar-refractivity contribution in [3.8, 4) is 0 Å². The number of sulfonamides is 1. The first-order valence-electron chi connectivity index (χ1n) is 8.43. The van der Waals surface area contributed by atoms with Crippen LogP contribution in [0.3, 0.4) is 0 Å². The molecule has 1 amide bonds. The predicted molar refractivity (Wildman–Crippen MR) is 103 cm³/mol. The molecule has 6 nitrogen and oxygen atoms in total. The molecule has 1 heterocycles. The van der Waals surface area contributed by atoms with Gasteiger partial charge in [-0.05, 0) is 61.0 Å². The number of aryl methyl sites for hydroxylation is 1. The SMILES string of the molecule is Cc1ccc(S(=O)(=O)Nc2ccc(F)cc2)cc1C(=O)N(C)Cc1ccco1. The maximum atomic E-state index is 13.0. The summed E-state index contributed by atoms with van der Waals surface area (Å²) in [6.07, 6.45) is 1.52. The van der Waals surface area contributed by atoms with E-state index in [1.165, 1.54) is 35.4 Å². The molecule has 3 aromatic rings. The van der Waals surface area contributed by atoms with Gasteiger partial charge in [0.25, 0.3) is 15.9 Å². The zero-order valence-corrected chi connectivity index (χ0v) is 16.2. The third-order valence-electron chi connectivity index (χ3n) is 4.17. The molecular weight excluding hydrogens is 383 g/mol. The lowest BCUT2D eigenvalue weighted by molar-refractivity contribution is 0.0774. The van der Waals surface area contributed by atoms with Crippen LogP contribution in [-0.4, -0.2) is 26.3 Å². The van der Waals surface area contributed by atoms with Gasteiger partial charge in [0.15, 0.2) is 0 Å². The van der Waals surface area contributed by atoms with E-state index in [1.54, 1.807) is 32.2 Å². The summed E-state index contributed by atoms with van der Waals surface area (Å²) in [6.45, 7) is 1.99. The molecule has 0 aliphatic heterocycles. The van der Waals surface area contributed by atoms with Crippen LogP contribution in [0, 0.1) is 12.7 Å². The molecule has 0 saturated carbocycles. The molecule has 8 heteroatoms. The van der Waals surface area contributed by atoms with Gasteiger partial charge in [0, 0.05) is 18.3 Å². The molecular formula is C20H19FN2O4S. The minimum absolute atomic E-state index is 0.0582. The van der Waals surface area contributed by atoms with E-state index in [9.17, 15) is 17.6 Å². The Balaban J connectivity index is 1.85. The van der Waals surface area contributed by atoms with Gasteiger partial charge >= 0.3 is 0 Å². The lowest BCUT2D eigenvalue weighted by atomic mass is 10.1. The van der Waals surface area contributed by atoms with Crippen molar-refractivity contribution in [3.63, 3.8) is 0 Å². The quantitative estimate of drug-likeness (QED) is 0.680. The number of rotatable bonds is 6. The summed E-state index contributed by atoms with van der Waals surface area (Å²) in [5, 5.41) is 0. The summed E-state index contributed by atoms with van der Waals surface area (Å²) < 4.78 is 45.9. The van der Waals surface area contributed by atoms with Gasteiger partial charge in [-0.2, -0.15) is 0 Å². The Morgan fingerprint density at radius 2 is 1.86 bits per heavy atom. The normalized spacial score (nSPS) is 11.2. The van der Waals surface area contributed by atoms with Gasteiger partial charge in [0.2, 0.25) is 0 Å². The molecule has 0 saturated heterocycles. The number of carbonyl (C=O) groups is 1. The Bertz CT molecular complexity index is 1080. The van der Waals surface area contributed by atoms with Crippen LogP contribution in [0.2, 0.25) is 0 Å². The molecule has 28 heavy (non-hydrogen) atoms. The highest BCUT2D eigenvalue weighted by atomic mass is 32.2. The second-order valence-electron chi connectivity index (χ2n) is 6.33. The first-order chi connectivity index (χ1) is 13.3. The highest BCUT2D eigenvalue weighted by molar-refractivity contribution is 7.92. The van der Waals surface area contributed by atoms with Crippen molar-refractivity contribution < 1.29 is 22.0 Å². The van der Waals surface area contributed by atoms with Crippen LogP contribution >= 0.6 is 0 Å². The van der Waals surface area contributed by atoms with Crippen molar-refractivity contribution in [2.24, 2.45) is 0 Å². The molecule has 0 fully saturated rings. The Hall–Kier alpha value is -3.13. The molecule has 0 bridgehead atoms. The van der Waals surface area contributed by atoms with Crippen molar-refractivity contribution >= 4 is 21.6 Å². The number of hydrogen-bond acceptors (Lipinski definition) is 4. The molecule has 2 aromatic carbocycles. The number of halogens is 1. The molecule has 3 rings (SSSR count). The van der Waals surface area contributed by atoms with Gasteiger partial charge in [-0.15, -0.1) is 0 Å². The van der Waals surface area contributed by atoms with E-state index < -0.39 is 15.8 Å². The maximum absolute atomic E-state index is 13.0. The summed E-state index contributed by atoms with van der Waals surface area (Å²) in [6, 6.07) is 12.8. The maximum Gasteiger partial charge on any atom is 0.261 e. The van der Waals surface area contributed by atoms with E-state index >= 15 is 0 Å². The number of nitrogens with zero attached hydrogens (tertiary/aromatic N) is 1. The second kappa shape index (κ2) is 7.85. The van der Waals surface area contributed by atoms with E-state index in [4.69, 9.17) is 4.42 Å². The topological polar surface area (TPSA) is 79.6 Å². The lowest BCUT2D eigenvalue weighted by Crippen LogP contribution is -2.27. The molecule has 1 N–H and O–H groups in total. The molecule has 0 aliphatic carbocycles. The minimum atomic E-state index is -3.94. The number of furan rings is 1. The van der Waals surface area contributed by atoms with Gasteiger partial charge in [0.1, 0.15) is 11.6 Å². The van der Waals surface area contributed by atoms with Crippen LogP contribution in [0.1, 0.15) is 21.7 Å². The molecule has 146 valence electrons. The Kier molecular flexibility index (Phi) is 5.51. The molecule has 0 radical (unpaired) electrons. The Morgan fingerprint density at radius 1 is 1.14 bits per heavy atom. The zero-order chi connectivity index (χ0) is 20.3. The number of anilines is 1. The number of amides is 1. The van der Waals surface area contributed by atoms with Gasteiger partial charge in [-0.25, -0.2) is 12.8 Å². The Labute approximate surface area is 162 Å². The van der Waals surface area contributed by atoms with E-state index in [0.717, 1.165) is 12.1 Å². The predicted octanol–water partition coefficient (Wildman–Crippen LogP) is 3.80. The van der Waals surface area contributed by atoms with Crippen molar-refractivity contribution in [3.05, 3.63) is 83.6 Å². The largest absolute Gasteiger partial charge is 0.467 e. The van der Waals surface area contributed by atoms with E-state index in [-0.39, 0.29) is 28.6 Å². The molecule has 0 unspecified atom stereocenters. The summed E-state index contributed by atoms with van der Waals surface area (Å²) >= 11 is 0. The van der Waals surface area contributed by atoms with E-state index in [2.05, 4.69) is 4.72 Å². The Morgan fingerprint density at radius 3 is 2.50 bits per heavy atom. The minimum Gasteiger partial charge on any atom is -0.467 e. The monoisotopic (exact) mass is 402 g/mol. The smallest absolute Gasteiger partial charge is 0.261 e. The summed E-state index contributed by atoms with van der Waals surface area (Å²) in [5.74, 6) is -0.172. The summed E-state index contributed by atoms with van der Waals surface area (Å²) in [4.78, 5) is 14.2. The first-order valence-corrected chi connectivity index (χ1v) is 9.91. The fourth-order valence-electron chi connectivity index (χ4n) is 2.64. The van der Waals surface area contributed by atoms with Gasteiger partial charge in [0.05, 0.1) is 17.7 Å². The van der Waals surface area contributed by atoms with Crippen molar-refractivity contribution in [2.45, 2.75) is 18.4 Å². The summed E-state index contributed by atoms with van der Waals surface area (Å²) in [7, 11) is -2.32. The van der Waals surface area contributed by atoms with Crippen LogP contribution in [0.4, 0.5) is 10.1 Å². The lowest BCUT2D eigenvalue weighted by Gasteiger charge is -2.18. The fraction of sp³-hybridized carbons (Fsp3) is 0.150. The van der Waals surface area contributed by atoms with E-state index in [1.807, 2.05) is 0 Å². The molecule has 1 aromatic heterocycles. The van der Waals surface area contributed by atoms with Crippen LogP contribution in [0.5, 0.6) is 0 Å². The van der Waals surface area contributed by atoms with Crippen LogP contribution in [0.15, 0.2) is 70.2 Å². The number of nitrogens with one attached hydrogen (secondary N) is 1.